The first-order valence-corrected chi connectivity index (χ1v) is 31.6. The number of likely N-dealkylation sites (N-methyl/N-ethyl adjacent to an activating group) is 6. The number of nitroso groups, excluding NO2 is 1. The Morgan fingerprint density at radius 1 is 0.686 bits per heavy atom. The molecule has 25 heteroatoms. The molecule has 0 saturated carbocycles. The number of carbonyl (C=O) groups excluding carboxylic acids is 9. The zero-order valence-corrected chi connectivity index (χ0v) is 57.2. The summed E-state index contributed by atoms with van der Waals surface area (Å²) in [6.07, 6.45) is 0.721. The van der Waals surface area contributed by atoms with Crippen LogP contribution in [0, 0.1) is 45.6 Å². The minimum atomic E-state index is -1.68. The molecule has 1 aliphatic heterocycles. The van der Waals surface area contributed by atoms with Crippen LogP contribution in [0.4, 0.5) is 0 Å². The van der Waals surface area contributed by atoms with Crippen molar-refractivity contribution in [2.45, 2.75) is 234 Å². The average Bonchev–Trinajstić information content (AvgIpc) is 1.45. The van der Waals surface area contributed by atoms with E-state index in [0.717, 1.165) is 35.9 Å². The molecule has 1 saturated heterocycles. The Morgan fingerprint density at radius 2 is 1.19 bits per heavy atom. The molecule has 24 nitrogen and oxygen atoms in total. The fourth-order valence-corrected chi connectivity index (χ4v) is 11.8. The van der Waals surface area contributed by atoms with E-state index >= 15 is 14.8 Å². The molecule has 1 fully saturated rings. The van der Waals surface area contributed by atoms with E-state index in [9.17, 15) is 48.7 Å². The second-order valence-electron chi connectivity index (χ2n) is 26.5. The molecule has 5 N–H and O–H groups in total. The van der Waals surface area contributed by atoms with Crippen molar-refractivity contribution >= 4 is 71.6 Å². The van der Waals surface area contributed by atoms with E-state index in [1.807, 2.05) is 41.5 Å². The average molecular weight is 1240 g/mol. The molecule has 1 rings (SSSR count). The van der Waals surface area contributed by atoms with Crippen molar-refractivity contribution in [2.24, 2.45) is 35.5 Å². The summed E-state index contributed by atoms with van der Waals surface area (Å²) in [5.41, 5.74) is -1.57. The zero-order valence-electron chi connectivity index (χ0n) is 56.4. The van der Waals surface area contributed by atoms with Gasteiger partial charge in [-0.05, 0) is 81.8 Å². The second kappa shape index (κ2) is 33.8. The van der Waals surface area contributed by atoms with Gasteiger partial charge in [0.05, 0.1) is 25.2 Å². The monoisotopic (exact) mass is 1240 g/mol. The van der Waals surface area contributed by atoms with Gasteiger partial charge in [-0.25, -0.2) is 4.79 Å². The number of allylic oxidation sites excluding steroid dienone is 2. The molecule has 0 aromatic rings. The standard InChI is InChI=1S/C61H109N11O13S/c1-26-28-29-39(13)50(73)49-53(76)63-42(27-2)55(78)70(23)60(86-25)59(82)66(19)44(33-61(16,17)83)52(75)64-47(37(9)10)57(80)65(18)43(30-34(3)4)51(74)62-41(15)71(84)40(14)54(77)67(20)46(32-36(7)8)72(24,85)45(31-35(5)6)56(79)68(21)48(38(11)12)58(81)69(49)22/h26,28,34-50,60,73,83H,20,27,29-33H2,1-19,21-25H3,(H-2,62,63,64,74,75,76)/p+2/b28-26+/t39-,40+,41-,42+,43+,44+,45+,46-,47+,48+,49?,50+,60+,72?/m1/s1. The van der Waals surface area contributed by atoms with Gasteiger partial charge in [-0.3, -0.25) is 48.3 Å². The summed E-state index contributed by atoms with van der Waals surface area (Å²) in [7, 11) is 7.98. The molecule has 2 unspecified atom stereocenters. The third-order valence-corrected chi connectivity index (χ3v) is 17.3. The van der Waals surface area contributed by atoms with Gasteiger partial charge in [-0.15, -0.1) is 16.3 Å². The maximum absolute atomic E-state index is 15.7. The highest BCUT2D eigenvalue weighted by atomic mass is 32.2. The van der Waals surface area contributed by atoms with Crippen molar-refractivity contribution < 1.29 is 67.3 Å². The van der Waals surface area contributed by atoms with Gasteiger partial charge in [-0.1, -0.05) is 95.2 Å². The summed E-state index contributed by atoms with van der Waals surface area (Å²) >= 11 is 0.950. The van der Waals surface area contributed by atoms with Gasteiger partial charge < -0.3 is 50.6 Å². The van der Waals surface area contributed by atoms with Crippen LogP contribution in [0.3, 0.4) is 0 Å². The number of aliphatic hydroxyl groups excluding tert-OH is 1. The summed E-state index contributed by atoms with van der Waals surface area (Å²) in [5, 5.41) is 45.9. The number of amides is 9. The molecule has 86 heavy (non-hydrogen) atoms. The van der Waals surface area contributed by atoms with Crippen LogP contribution >= 0.6 is 11.8 Å². The van der Waals surface area contributed by atoms with Crippen molar-refractivity contribution in [3.8, 4) is 0 Å². The van der Waals surface area contributed by atoms with Gasteiger partial charge in [0, 0.05) is 71.6 Å². The highest BCUT2D eigenvalue weighted by molar-refractivity contribution is 7.99. The highest BCUT2D eigenvalue weighted by Gasteiger charge is 2.53. The molecule has 0 radical (unpaired) electrons. The van der Waals surface area contributed by atoms with Gasteiger partial charge >= 0.3 is 11.9 Å². The first-order valence-electron chi connectivity index (χ1n) is 30.4. The first kappa shape index (κ1) is 78.6. The van der Waals surface area contributed by atoms with E-state index in [0.29, 0.717) is 4.76 Å². The van der Waals surface area contributed by atoms with E-state index in [4.69, 9.17) is 0 Å². The Bertz CT molecular complexity index is 2410. The summed E-state index contributed by atoms with van der Waals surface area (Å²) in [6, 6.07) is -11.4. The quantitative estimate of drug-likeness (QED) is 0.0634. The summed E-state index contributed by atoms with van der Waals surface area (Å²) in [5.74, 6) is -9.88. The summed E-state index contributed by atoms with van der Waals surface area (Å²) < 4.78 is -0.141. The molecule has 14 atom stereocenters. The fourth-order valence-electron chi connectivity index (χ4n) is 11.0. The van der Waals surface area contributed by atoms with Crippen molar-refractivity contribution in [2.75, 3.05) is 48.5 Å². The molecule has 0 aliphatic carbocycles. The normalized spacial score (nSPS) is 29.2. The number of rotatable bonds is 16. The summed E-state index contributed by atoms with van der Waals surface area (Å²) in [6.45, 7) is 32.3. The van der Waals surface area contributed by atoms with Crippen LogP contribution in [0.5, 0.6) is 0 Å². The van der Waals surface area contributed by atoms with Crippen LogP contribution in [0.2, 0.25) is 0 Å². The number of quaternary nitrogens is 1. The lowest BCUT2D eigenvalue weighted by Gasteiger charge is -2.49. The third kappa shape index (κ3) is 20.6. The number of thioether (sulfide) groups is 1. The van der Waals surface area contributed by atoms with E-state index in [1.54, 1.807) is 66.9 Å². The third-order valence-electron chi connectivity index (χ3n) is 16.3. The van der Waals surface area contributed by atoms with E-state index in [2.05, 4.69) is 22.7 Å². The highest BCUT2D eigenvalue weighted by Crippen LogP contribution is 2.31. The van der Waals surface area contributed by atoms with Crippen LogP contribution in [0.25, 0.3) is 0 Å². The van der Waals surface area contributed by atoms with Gasteiger partial charge in [-0.2, -0.15) is 0 Å². The minimum Gasteiger partial charge on any atom is -0.628 e. The first-order chi connectivity index (χ1) is 39.4. The van der Waals surface area contributed by atoms with Gasteiger partial charge in [0.1, 0.15) is 43.0 Å². The van der Waals surface area contributed by atoms with Crippen molar-refractivity contribution in [1.29, 1.82) is 0 Å². The summed E-state index contributed by atoms with van der Waals surface area (Å²) in [4.78, 5) is 153. The van der Waals surface area contributed by atoms with Gasteiger partial charge in [0.2, 0.25) is 35.4 Å². The van der Waals surface area contributed by atoms with Gasteiger partial charge in [0.15, 0.2) is 11.4 Å². The predicted octanol–water partition coefficient (Wildman–Crippen LogP) is 3.92. The number of carbonyl (C=O) groups is 9. The van der Waals surface area contributed by atoms with Crippen molar-refractivity contribution in [1.82, 2.24) is 40.4 Å². The number of hydroxylamine groups is 3. The van der Waals surface area contributed by atoms with Crippen LogP contribution in [-0.2, 0) is 43.2 Å². The van der Waals surface area contributed by atoms with E-state index in [-0.39, 0.29) is 56.3 Å². The molecule has 492 valence electrons. The molecule has 0 aromatic heterocycles. The lowest BCUT2D eigenvalue weighted by atomic mass is 9.91. The number of hydrogen-bond donors (Lipinski definition) is 5. The largest absolute Gasteiger partial charge is 0.628 e. The molecular weight excluding hydrogens is 1130 g/mol. The molecule has 1 heterocycles. The van der Waals surface area contributed by atoms with E-state index < -0.39 is 153 Å². The molecular formula is C61H111N11O13S+2. The zero-order chi connectivity index (χ0) is 67.1. The molecule has 0 aromatic carbocycles. The predicted molar refractivity (Wildman–Crippen MR) is 334 cm³/mol. The van der Waals surface area contributed by atoms with Crippen LogP contribution in [-0.4, -0.2) is 235 Å². The SMILES string of the molecule is C=[N+]1C(=O)[C@H](C)[N+](=O)[C@H](C)NC(=O)[C@H](CC(C)C)N(C)C(=O)[C@H](C(C)C)NC(=O)[C@H](CC(C)(C)O)N(C)C(=O)[C@H](SC)N(C)C(=O)[C@H](CC)NC(=O)C([C@@H](O)[C@H](C)C/C=C/C)N(C)C(=O)[C@H](C(C)C)N(C)C(=O)[C@H](CC(C)C)[N+](C)([O-])[C@@H]1CC(C)C. The van der Waals surface area contributed by atoms with Crippen LogP contribution in [0.15, 0.2) is 12.2 Å². The smallest absolute Gasteiger partial charge is 0.463 e. The number of nitrogens with zero attached hydrogens (tertiary/aromatic N) is 8. The topological polar surface area (TPSA) is 293 Å². The Kier molecular flexibility index (Phi) is 30.9. The van der Waals surface area contributed by atoms with Crippen LogP contribution in [0.1, 0.15) is 156 Å². The maximum Gasteiger partial charge on any atom is 0.463 e. The minimum absolute atomic E-state index is 0.00516. The second-order valence-corrected chi connectivity index (χ2v) is 27.4. The van der Waals surface area contributed by atoms with Gasteiger partial charge in [0.25, 0.3) is 24.1 Å². The molecule has 1 aliphatic rings. The Labute approximate surface area is 517 Å². The van der Waals surface area contributed by atoms with E-state index in [1.165, 1.54) is 74.9 Å². The van der Waals surface area contributed by atoms with Crippen molar-refractivity contribution in [3.05, 3.63) is 22.3 Å². The number of aliphatic hydroxyl groups is 2. The maximum atomic E-state index is 15.7. The lowest BCUT2D eigenvalue weighted by Crippen LogP contribution is -2.67. The number of nitrogens with one attached hydrogen (secondary N) is 3. The molecule has 9 amide bonds. The molecule has 0 bridgehead atoms. The Morgan fingerprint density at radius 3 is 1.64 bits per heavy atom. The van der Waals surface area contributed by atoms with Crippen molar-refractivity contribution in [3.63, 3.8) is 0 Å². The number of hydrogen-bond acceptors (Lipinski definition) is 14. The lowest BCUT2D eigenvalue weighted by molar-refractivity contribution is -0.977. The Hall–Kier alpha value is -5.37. The van der Waals surface area contributed by atoms with Crippen LogP contribution < -0.4 is 16.0 Å². The Balaban J connectivity index is 4.55. The molecule has 0 spiro atoms. The fraction of sp³-hybridized carbons (Fsp3) is 0.803.